The quantitative estimate of drug-likeness (QED) is 0.871. The molecule has 1 amide bonds. The molecule has 1 atom stereocenters. The van der Waals surface area contributed by atoms with E-state index in [1.54, 1.807) is 0 Å². The van der Waals surface area contributed by atoms with E-state index in [1.165, 1.54) is 0 Å². The largest absolute Gasteiger partial charge is 0.481 e. The maximum atomic E-state index is 12.5. The van der Waals surface area contributed by atoms with Crippen molar-refractivity contribution < 1.29 is 14.7 Å². The van der Waals surface area contributed by atoms with Crippen LogP contribution in [0, 0.1) is 5.92 Å². The molecule has 1 aliphatic rings. The van der Waals surface area contributed by atoms with Crippen molar-refractivity contribution in [1.29, 1.82) is 0 Å². The first kappa shape index (κ1) is 17.5. The summed E-state index contributed by atoms with van der Waals surface area (Å²) in [5.41, 5.74) is 1.91. The molecule has 1 saturated heterocycles. The average Bonchev–Trinajstić information content (AvgIpc) is 2.48. The molecule has 0 aliphatic carbocycles. The van der Waals surface area contributed by atoms with E-state index in [1.807, 2.05) is 36.1 Å². The standard InChI is InChI=1S/C18H26N2O3/c1-13(2)11-20-9-8-19(14(3)18(20)23)12-16-6-4-15(5-7-16)10-17(21)22/h4-7,13-14H,8-12H2,1-3H3,(H,21,22)/t14-/m0/s1. The Kier molecular flexibility index (Phi) is 5.77. The molecule has 1 aromatic carbocycles. The molecule has 1 aliphatic heterocycles. The average molecular weight is 318 g/mol. The van der Waals surface area contributed by atoms with Gasteiger partial charge in [-0.2, -0.15) is 0 Å². The van der Waals surface area contributed by atoms with Crippen LogP contribution in [0.5, 0.6) is 0 Å². The summed E-state index contributed by atoms with van der Waals surface area (Å²) in [7, 11) is 0. The molecule has 0 saturated carbocycles. The third-order valence-corrected chi connectivity index (χ3v) is 4.22. The van der Waals surface area contributed by atoms with Crippen LogP contribution in [0.25, 0.3) is 0 Å². The number of carboxylic acids is 1. The van der Waals surface area contributed by atoms with Crippen molar-refractivity contribution in [1.82, 2.24) is 9.80 Å². The van der Waals surface area contributed by atoms with Gasteiger partial charge in [-0.3, -0.25) is 14.5 Å². The van der Waals surface area contributed by atoms with Crippen LogP contribution in [0.3, 0.4) is 0 Å². The first-order valence-corrected chi connectivity index (χ1v) is 8.19. The topological polar surface area (TPSA) is 60.9 Å². The molecule has 126 valence electrons. The molecule has 5 heteroatoms. The van der Waals surface area contributed by atoms with Crippen LogP contribution in [0.1, 0.15) is 31.9 Å². The minimum Gasteiger partial charge on any atom is -0.481 e. The van der Waals surface area contributed by atoms with E-state index in [-0.39, 0.29) is 18.4 Å². The number of rotatable bonds is 6. The van der Waals surface area contributed by atoms with E-state index >= 15 is 0 Å². The van der Waals surface area contributed by atoms with E-state index in [0.29, 0.717) is 5.92 Å². The zero-order valence-electron chi connectivity index (χ0n) is 14.2. The Hall–Kier alpha value is -1.88. The van der Waals surface area contributed by atoms with Gasteiger partial charge in [0.05, 0.1) is 12.5 Å². The predicted octanol–water partition coefficient (Wildman–Crippen LogP) is 2.00. The van der Waals surface area contributed by atoms with Gasteiger partial charge in [-0.25, -0.2) is 0 Å². The lowest BCUT2D eigenvalue weighted by atomic mass is 10.1. The Bertz CT molecular complexity index is 554. The predicted molar refractivity (Wildman–Crippen MR) is 89.1 cm³/mol. The van der Waals surface area contributed by atoms with Gasteiger partial charge in [0.1, 0.15) is 0 Å². The summed E-state index contributed by atoms with van der Waals surface area (Å²) in [5.74, 6) is -0.134. The summed E-state index contributed by atoms with van der Waals surface area (Å²) in [6, 6.07) is 7.50. The highest BCUT2D eigenvalue weighted by atomic mass is 16.4. The summed E-state index contributed by atoms with van der Waals surface area (Å²) in [4.78, 5) is 27.3. The van der Waals surface area contributed by atoms with Crippen LogP contribution in [-0.2, 0) is 22.6 Å². The maximum Gasteiger partial charge on any atom is 0.307 e. The number of hydrogen-bond donors (Lipinski definition) is 1. The molecular weight excluding hydrogens is 292 g/mol. The van der Waals surface area contributed by atoms with Gasteiger partial charge in [0.15, 0.2) is 0 Å². The zero-order chi connectivity index (χ0) is 17.0. The highest BCUT2D eigenvalue weighted by molar-refractivity contribution is 5.82. The molecule has 2 rings (SSSR count). The van der Waals surface area contributed by atoms with Gasteiger partial charge >= 0.3 is 5.97 Å². The van der Waals surface area contributed by atoms with Crippen LogP contribution in [0.4, 0.5) is 0 Å². The van der Waals surface area contributed by atoms with Crippen LogP contribution in [-0.4, -0.2) is 52.5 Å². The Labute approximate surface area is 137 Å². The normalized spacial score (nSPS) is 19.4. The number of carbonyl (C=O) groups excluding carboxylic acids is 1. The second-order valence-corrected chi connectivity index (χ2v) is 6.71. The van der Waals surface area contributed by atoms with Crippen molar-refractivity contribution in [3.05, 3.63) is 35.4 Å². The molecule has 0 aromatic heterocycles. The number of piperazine rings is 1. The van der Waals surface area contributed by atoms with Crippen LogP contribution < -0.4 is 0 Å². The van der Waals surface area contributed by atoms with Gasteiger partial charge < -0.3 is 10.0 Å². The first-order valence-electron chi connectivity index (χ1n) is 8.19. The van der Waals surface area contributed by atoms with Crippen molar-refractivity contribution in [3.8, 4) is 0 Å². The van der Waals surface area contributed by atoms with Crippen molar-refractivity contribution in [2.75, 3.05) is 19.6 Å². The Balaban J connectivity index is 1.95. The number of amides is 1. The first-order chi connectivity index (χ1) is 10.9. The molecule has 0 bridgehead atoms. The molecular formula is C18H26N2O3. The second-order valence-electron chi connectivity index (χ2n) is 6.71. The molecule has 0 unspecified atom stereocenters. The molecule has 5 nitrogen and oxygen atoms in total. The van der Waals surface area contributed by atoms with Gasteiger partial charge in [0.25, 0.3) is 0 Å². The van der Waals surface area contributed by atoms with Gasteiger partial charge in [0, 0.05) is 26.2 Å². The molecule has 1 fully saturated rings. The number of aliphatic carboxylic acids is 1. The monoisotopic (exact) mass is 318 g/mol. The SMILES string of the molecule is CC(C)CN1CCN(Cc2ccc(CC(=O)O)cc2)[C@@H](C)C1=O. The highest BCUT2D eigenvalue weighted by Crippen LogP contribution is 2.17. The smallest absolute Gasteiger partial charge is 0.307 e. The number of nitrogens with zero attached hydrogens (tertiary/aromatic N) is 2. The lowest BCUT2D eigenvalue weighted by Gasteiger charge is -2.39. The third-order valence-electron chi connectivity index (χ3n) is 4.22. The lowest BCUT2D eigenvalue weighted by Crippen LogP contribution is -2.56. The third kappa shape index (κ3) is 4.79. The summed E-state index contributed by atoms with van der Waals surface area (Å²) in [6.07, 6.45) is 0.0447. The highest BCUT2D eigenvalue weighted by Gasteiger charge is 2.31. The second kappa shape index (κ2) is 7.59. The maximum absolute atomic E-state index is 12.5. The Morgan fingerprint density at radius 1 is 1.22 bits per heavy atom. The van der Waals surface area contributed by atoms with E-state index in [4.69, 9.17) is 5.11 Å². The van der Waals surface area contributed by atoms with Crippen molar-refractivity contribution in [2.45, 2.75) is 39.8 Å². The van der Waals surface area contributed by atoms with Gasteiger partial charge in [-0.05, 0) is 24.0 Å². The minimum atomic E-state index is -0.821. The van der Waals surface area contributed by atoms with Crippen LogP contribution in [0.15, 0.2) is 24.3 Å². The van der Waals surface area contributed by atoms with Gasteiger partial charge in [0.2, 0.25) is 5.91 Å². The lowest BCUT2D eigenvalue weighted by molar-refractivity contribution is -0.142. The van der Waals surface area contributed by atoms with Crippen LogP contribution in [0.2, 0.25) is 0 Å². The van der Waals surface area contributed by atoms with Crippen LogP contribution >= 0.6 is 0 Å². The molecule has 1 aromatic rings. The fourth-order valence-electron chi connectivity index (χ4n) is 2.98. The van der Waals surface area contributed by atoms with E-state index in [9.17, 15) is 9.59 Å². The number of benzene rings is 1. The Morgan fingerprint density at radius 2 is 1.83 bits per heavy atom. The molecule has 1 N–H and O–H groups in total. The summed E-state index contributed by atoms with van der Waals surface area (Å²) in [6.45, 7) is 9.41. The molecule has 23 heavy (non-hydrogen) atoms. The van der Waals surface area contributed by atoms with Gasteiger partial charge in [-0.1, -0.05) is 38.1 Å². The van der Waals surface area contributed by atoms with Crippen molar-refractivity contribution in [2.24, 2.45) is 5.92 Å². The van der Waals surface area contributed by atoms with E-state index in [2.05, 4.69) is 18.7 Å². The van der Waals surface area contributed by atoms with Gasteiger partial charge in [-0.15, -0.1) is 0 Å². The zero-order valence-corrected chi connectivity index (χ0v) is 14.2. The number of carboxylic acid groups (broad SMARTS) is 1. The number of carbonyl (C=O) groups is 2. The molecule has 1 heterocycles. The number of hydrogen-bond acceptors (Lipinski definition) is 3. The minimum absolute atomic E-state index is 0.0447. The van der Waals surface area contributed by atoms with Crippen molar-refractivity contribution in [3.63, 3.8) is 0 Å². The summed E-state index contributed by atoms with van der Waals surface area (Å²) >= 11 is 0. The van der Waals surface area contributed by atoms with E-state index < -0.39 is 5.97 Å². The summed E-state index contributed by atoms with van der Waals surface area (Å²) in [5, 5.41) is 8.80. The van der Waals surface area contributed by atoms with E-state index in [0.717, 1.165) is 37.3 Å². The summed E-state index contributed by atoms with van der Waals surface area (Å²) < 4.78 is 0. The Morgan fingerprint density at radius 3 is 2.39 bits per heavy atom. The fraction of sp³-hybridized carbons (Fsp3) is 0.556. The molecule has 0 spiro atoms. The van der Waals surface area contributed by atoms with Crippen molar-refractivity contribution >= 4 is 11.9 Å². The fourth-order valence-corrected chi connectivity index (χ4v) is 2.98. The molecule has 0 radical (unpaired) electrons.